The standard InChI is InChI=1S/C66H128O17P2/c1-5-9-13-17-21-25-27-29-31-33-36-39-43-47-51-64(69)77-57-62(83-66(71)53-49-45-41-37-34-32-30-28-26-22-18-14-10-6-2)59-81-85(74,75)79-55-60(67)54-78-84(72,73)80-58-61(56-76-63(68)50-46-42-38-24-20-16-12-8-4)82-65(70)52-48-44-40-35-23-19-15-11-7-3/h60-62,67H,5-59H2,1-4H3,(H,72,73)(H,74,75)/t60-,61+,62+/m0/s1. The van der Waals surface area contributed by atoms with E-state index >= 15 is 0 Å². The number of esters is 4. The van der Waals surface area contributed by atoms with Crippen molar-refractivity contribution in [1.29, 1.82) is 0 Å². The van der Waals surface area contributed by atoms with Crippen LogP contribution in [0.2, 0.25) is 0 Å². The predicted molar refractivity (Wildman–Crippen MR) is 340 cm³/mol. The van der Waals surface area contributed by atoms with E-state index in [4.69, 9.17) is 37.0 Å². The molecule has 504 valence electrons. The zero-order chi connectivity index (χ0) is 62.6. The minimum absolute atomic E-state index is 0.106. The highest BCUT2D eigenvalue weighted by Gasteiger charge is 2.30. The Morgan fingerprint density at radius 1 is 0.282 bits per heavy atom. The van der Waals surface area contributed by atoms with Crippen LogP contribution in [0.25, 0.3) is 0 Å². The highest BCUT2D eigenvalue weighted by Crippen LogP contribution is 2.45. The normalized spacial score (nSPS) is 14.1. The van der Waals surface area contributed by atoms with E-state index < -0.39 is 97.5 Å². The molecule has 0 fully saturated rings. The Morgan fingerprint density at radius 3 is 0.694 bits per heavy atom. The van der Waals surface area contributed by atoms with Crippen LogP contribution in [0.5, 0.6) is 0 Å². The summed E-state index contributed by atoms with van der Waals surface area (Å²) in [4.78, 5) is 72.2. The van der Waals surface area contributed by atoms with Gasteiger partial charge in [0.2, 0.25) is 0 Å². The van der Waals surface area contributed by atoms with Crippen LogP contribution in [0.3, 0.4) is 0 Å². The molecule has 17 nitrogen and oxygen atoms in total. The molecule has 0 aromatic rings. The lowest BCUT2D eigenvalue weighted by molar-refractivity contribution is -0.161. The summed E-state index contributed by atoms with van der Waals surface area (Å²) >= 11 is 0. The first-order valence-corrected chi connectivity index (χ1v) is 37.8. The van der Waals surface area contributed by atoms with Crippen molar-refractivity contribution >= 4 is 39.5 Å². The van der Waals surface area contributed by atoms with Gasteiger partial charge in [-0.25, -0.2) is 9.13 Å². The van der Waals surface area contributed by atoms with Gasteiger partial charge in [-0.05, 0) is 25.7 Å². The summed E-state index contributed by atoms with van der Waals surface area (Å²) in [5.41, 5.74) is 0. The van der Waals surface area contributed by atoms with Gasteiger partial charge in [-0.15, -0.1) is 0 Å². The van der Waals surface area contributed by atoms with Gasteiger partial charge in [-0.2, -0.15) is 0 Å². The molecule has 19 heteroatoms. The summed E-state index contributed by atoms with van der Waals surface area (Å²) in [7, 11) is -9.88. The number of hydrogen-bond donors (Lipinski definition) is 3. The van der Waals surface area contributed by atoms with Crippen LogP contribution >= 0.6 is 15.6 Å². The molecule has 0 bridgehead atoms. The fraction of sp³-hybridized carbons (Fsp3) is 0.939. The molecule has 0 radical (unpaired) electrons. The molecular formula is C66H128O17P2. The fourth-order valence-corrected chi connectivity index (χ4v) is 11.6. The highest BCUT2D eigenvalue weighted by molar-refractivity contribution is 7.47. The number of carbonyl (C=O) groups is 4. The molecule has 0 rings (SSSR count). The summed E-state index contributed by atoms with van der Waals surface area (Å²) in [6, 6.07) is 0. The molecule has 5 atom stereocenters. The molecule has 0 aliphatic heterocycles. The highest BCUT2D eigenvalue weighted by atomic mass is 31.2. The van der Waals surface area contributed by atoms with E-state index in [0.717, 1.165) is 96.3 Å². The van der Waals surface area contributed by atoms with Gasteiger partial charge in [0.05, 0.1) is 26.4 Å². The van der Waals surface area contributed by atoms with Crippen molar-refractivity contribution in [2.24, 2.45) is 0 Å². The second-order valence-corrected chi connectivity index (χ2v) is 26.8. The molecule has 0 amide bonds. The number of aliphatic hydroxyl groups excluding tert-OH is 1. The number of aliphatic hydroxyl groups is 1. The quantitative estimate of drug-likeness (QED) is 0.0222. The molecule has 2 unspecified atom stereocenters. The first-order valence-electron chi connectivity index (χ1n) is 34.8. The Balaban J connectivity index is 5.21. The molecule has 0 saturated heterocycles. The maximum absolute atomic E-state index is 13.0. The smallest absolute Gasteiger partial charge is 0.462 e. The van der Waals surface area contributed by atoms with Crippen molar-refractivity contribution in [3.8, 4) is 0 Å². The van der Waals surface area contributed by atoms with Gasteiger partial charge in [0.1, 0.15) is 19.3 Å². The van der Waals surface area contributed by atoms with Crippen molar-refractivity contribution in [1.82, 2.24) is 0 Å². The average Bonchev–Trinajstić information content (AvgIpc) is 3.51. The zero-order valence-electron chi connectivity index (χ0n) is 54.6. The van der Waals surface area contributed by atoms with Crippen LogP contribution in [0.4, 0.5) is 0 Å². The van der Waals surface area contributed by atoms with Crippen molar-refractivity contribution in [3.63, 3.8) is 0 Å². The Hall–Kier alpha value is -1.94. The van der Waals surface area contributed by atoms with Crippen molar-refractivity contribution < 1.29 is 80.2 Å². The fourth-order valence-electron chi connectivity index (χ4n) is 9.99. The Labute approximate surface area is 517 Å². The zero-order valence-corrected chi connectivity index (χ0v) is 56.4. The van der Waals surface area contributed by atoms with Crippen LogP contribution in [0, 0.1) is 0 Å². The lowest BCUT2D eigenvalue weighted by atomic mass is 10.0. The monoisotopic (exact) mass is 1250 g/mol. The summed E-state index contributed by atoms with van der Waals surface area (Å²) in [5, 5.41) is 10.5. The van der Waals surface area contributed by atoms with E-state index in [9.17, 15) is 43.2 Å². The third kappa shape index (κ3) is 60.7. The number of phosphoric ester groups is 2. The third-order valence-electron chi connectivity index (χ3n) is 15.4. The molecule has 0 aromatic carbocycles. The minimum Gasteiger partial charge on any atom is -0.462 e. The van der Waals surface area contributed by atoms with Crippen molar-refractivity contribution in [3.05, 3.63) is 0 Å². The summed E-state index contributed by atoms with van der Waals surface area (Å²) in [5.74, 6) is -2.13. The topological polar surface area (TPSA) is 237 Å². The van der Waals surface area contributed by atoms with Crippen LogP contribution < -0.4 is 0 Å². The molecule has 0 saturated carbocycles. The van der Waals surface area contributed by atoms with Gasteiger partial charge >= 0.3 is 39.5 Å². The third-order valence-corrected chi connectivity index (χ3v) is 17.3. The van der Waals surface area contributed by atoms with Crippen LogP contribution in [-0.2, 0) is 65.4 Å². The van der Waals surface area contributed by atoms with Crippen molar-refractivity contribution in [2.45, 2.75) is 361 Å². The van der Waals surface area contributed by atoms with E-state index in [2.05, 4.69) is 27.7 Å². The summed E-state index contributed by atoms with van der Waals surface area (Å²) in [6.07, 6.45) is 47.1. The maximum atomic E-state index is 13.0. The van der Waals surface area contributed by atoms with E-state index in [1.165, 1.54) is 167 Å². The Bertz CT molecular complexity index is 1640. The summed E-state index contributed by atoms with van der Waals surface area (Å²) < 4.78 is 68.0. The first kappa shape index (κ1) is 83.1. The number of unbranched alkanes of at least 4 members (excludes halogenated alkanes) is 41. The molecule has 0 aromatic heterocycles. The number of phosphoric acid groups is 2. The van der Waals surface area contributed by atoms with Gasteiger partial charge < -0.3 is 33.8 Å². The van der Waals surface area contributed by atoms with Gasteiger partial charge in [-0.1, -0.05) is 291 Å². The molecule has 0 aliphatic rings. The Kier molecular flexibility index (Phi) is 59.6. The molecule has 0 aliphatic carbocycles. The van der Waals surface area contributed by atoms with E-state index in [1.54, 1.807) is 0 Å². The second-order valence-electron chi connectivity index (χ2n) is 23.9. The molecule has 85 heavy (non-hydrogen) atoms. The number of rotatable bonds is 67. The molecule has 0 heterocycles. The van der Waals surface area contributed by atoms with Crippen LogP contribution in [0.15, 0.2) is 0 Å². The number of carbonyl (C=O) groups excluding carboxylic acids is 4. The Morgan fingerprint density at radius 2 is 0.471 bits per heavy atom. The minimum atomic E-state index is -4.95. The SMILES string of the molecule is CCCCCCCCCCCCCCCCC(=O)OC[C@H](COP(=O)(O)OC[C@@H](O)COP(=O)(O)OC[C@@H](COC(=O)CCCCCCCCCC)OC(=O)CCCCCCCCCCC)OC(=O)CCCCCCCCCCCCCCCC. The largest absolute Gasteiger partial charge is 0.472 e. The maximum Gasteiger partial charge on any atom is 0.472 e. The van der Waals surface area contributed by atoms with E-state index in [1.807, 2.05) is 0 Å². The lowest BCUT2D eigenvalue weighted by Gasteiger charge is -2.21. The van der Waals surface area contributed by atoms with Gasteiger partial charge in [-0.3, -0.25) is 37.3 Å². The predicted octanol–water partition coefficient (Wildman–Crippen LogP) is 18.7. The van der Waals surface area contributed by atoms with Crippen LogP contribution in [0.1, 0.15) is 342 Å². The summed E-state index contributed by atoms with van der Waals surface area (Å²) in [6.45, 7) is 4.88. The molecule has 0 spiro atoms. The van der Waals surface area contributed by atoms with Crippen molar-refractivity contribution in [2.75, 3.05) is 39.6 Å². The molecular weight excluding hydrogens is 1130 g/mol. The van der Waals surface area contributed by atoms with E-state index in [-0.39, 0.29) is 25.7 Å². The molecule has 3 N–H and O–H groups in total. The van der Waals surface area contributed by atoms with Gasteiger partial charge in [0, 0.05) is 25.7 Å². The van der Waals surface area contributed by atoms with E-state index in [0.29, 0.717) is 25.7 Å². The number of ether oxygens (including phenoxy) is 4. The lowest BCUT2D eigenvalue weighted by Crippen LogP contribution is -2.30. The second kappa shape index (κ2) is 60.9. The average molecular weight is 1260 g/mol. The van der Waals surface area contributed by atoms with Crippen LogP contribution in [-0.4, -0.2) is 96.7 Å². The van der Waals surface area contributed by atoms with Gasteiger partial charge in [0.15, 0.2) is 12.2 Å². The van der Waals surface area contributed by atoms with Gasteiger partial charge in [0.25, 0.3) is 0 Å². The first-order chi connectivity index (χ1) is 41.2. The number of hydrogen-bond acceptors (Lipinski definition) is 15.